The number of carbonyl (C=O) groups excluding carboxylic acids is 1. The fraction of sp³-hybridized carbons (Fsp3) is 0.319. The molecule has 7 heterocycles. The molecule has 0 atom stereocenters. The lowest BCUT2D eigenvalue weighted by atomic mass is 10.1. The summed E-state index contributed by atoms with van der Waals surface area (Å²) in [6.45, 7) is 8.25. The highest BCUT2D eigenvalue weighted by Gasteiger charge is 2.24. The number of ether oxygens (including phenoxy) is 3. The predicted octanol–water partition coefficient (Wildman–Crippen LogP) is 6.87. The van der Waals surface area contributed by atoms with Gasteiger partial charge in [0.15, 0.2) is 34.4 Å². The Morgan fingerprint density at radius 3 is 1.56 bits per heavy atom. The third-order valence-corrected chi connectivity index (χ3v) is 11.3. The number of fused-ring (bicyclic) bond motifs is 2. The second-order valence-corrected chi connectivity index (χ2v) is 15.9. The van der Waals surface area contributed by atoms with Crippen LogP contribution in [0.15, 0.2) is 70.0 Å². The van der Waals surface area contributed by atoms with Gasteiger partial charge in [0, 0.05) is 47.5 Å². The molecule has 0 radical (unpaired) electrons. The number of aryl methyl sites for hydroxylation is 8. The third kappa shape index (κ3) is 9.61. The number of hydrogen-bond donors (Lipinski definition) is 2. The molecule has 9 rings (SSSR count). The molecule has 0 unspecified atom stereocenters. The number of carboxylic acid groups (broad SMARTS) is 1. The molecule has 0 aliphatic carbocycles. The van der Waals surface area contributed by atoms with Gasteiger partial charge in [0.1, 0.15) is 47.3 Å². The minimum atomic E-state index is -0.993. The quantitative estimate of drug-likeness (QED) is 0.108. The Morgan fingerprint density at radius 1 is 0.712 bits per heavy atom. The Morgan fingerprint density at radius 2 is 1.18 bits per heavy atom. The minimum absolute atomic E-state index is 0.0297. The summed E-state index contributed by atoms with van der Waals surface area (Å²) < 4.78 is 57.2. The van der Waals surface area contributed by atoms with Crippen LogP contribution in [-0.4, -0.2) is 89.8 Å². The summed E-state index contributed by atoms with van der Waals surface area (Å²) in [5.74, 6) is 1.04. The van der Waals surface area contributed by atoms with Crippen molar-refractivity contribution < 1.29 is 46.7 Å². The van der Waals surface area contributed by atoms with Gasteiger partial charge in [-0.2, -0.15) is 0 Å². The van der Waals surface area contributed by atoms with Crippen molar-refractivity contribution in [2.45, 2.75) is 72.5 Å². The number of halogens is 2. The second kappa shape index (κ2) is 19.3. The van der Waals surface area contributed by atoms with Gasteiger partial charge in [-0.1, -0.05) is 22.4 Å². The maximum Gasteiger partial charge on any atom is 0.323 e. The first-order valence-corrected chi connectivity index (χ1v) is 21.1. The second-order valence-electron chi connectivity index (χ2n) is 15.9. The average molecular weight is 904 g/mol. The number of hydrogen-bond acceptors (Lipinski definition) is 13. The molecule has 0 saturated carbocycles. The largest absolute Gasteiger partial charge is 0.494 e. The maximum atomic E-state index is 14.2. The summed E-state index contributed by atoms with van der Waals surface area (Å²) in [6, 6.07) is 13.5. The number of amides is 1. The van der Waals surface area contributed by atoms with Crippen molar-refractivity contribution in [1.82, 2.24) is 44.7 Å². The van der Waals surface area contributed by atoms with Gasteiger partial charge < -0.3 is 42.8 Å². The third-order valence-electron chi connectivity index (χ3n) is 11.3. The average Bonchev–Trinajstić information content (AvgIpc) is 4.01. The van der Waals surface area contributed by atoms with E-state index in [0.717, 1.165) is 44.8 Å². The molecule has 19 heteroatoms. The van der Waals surface area contributed by atoms with Crippen molar-refractivity contribution in [2.24, 2.45) is 0 Å². The van der Waals surface area contributed by atoms with Crippen LogP contribution in [0.4, 0.5) is 8.78 Å². The lowest BCUT2D eigenvalue weighted by Gasteiger charge is -2.26. The van der Waals surface area contributed by atoms with E-state index in [2.05, 4.69) is 30.6 Å². The minimum Gasteiger partial charge on any atom is -0.494 e. The normalized spacial score (nSPS) is 12.5. The van der Waals surface area contributed by atoms with Crippen LogP contribution < -0.4 is 14.8 Å². The smallest absolute Gasteiger partial charge is 0.323 e. The van der Waals surface area contributed by atoms with Crippen LogP contribution in [0.5, 0.6) is 11.5 Å². The van der Waals surface area contributed by atoms with E-state index < -0.39 is 17.6 Å². The van der Waals surface area contributed by atoms with Crippen molar-refractivity contribution in [3.05, 3.63) is 118 Å². The van der Waals surface area contributed by atoms with Crippen molar-refractivity contribution >= 4 is 34.2 Å². The molecular weight excluding hydrogens is 857 g/mol. The Hall–Kier alpha value is -7.54. The van der Waals surface area contributed by atoms with Gasteiger partial charge in [-0.25, -0.2) is 28.7 Å². The maximum absolute atomic E-state index is 14.2. The number of methoxy groups -OCH3 is 2. The highest BCUT2D eigenvalue weighted by molar-refractivity contribution is 5.83. The number of rotatable bonds is 15. The monoisotopic (exact) mass is 903 g/mol. The zero-order valence-corrected chi connectivity index (χ0v) is 37.1. The van der Waals surface area contributed by atoms with Crippen molar-refractivity contribution in [2.75, 3.05) is 27.4 Å². The van der Waals surface area contributed by atoms with Crippen LogP contribution in [0.3, 0.4) is 0 Å². The number of benzene rings is 2. The Kier molecular flexibility index (Phi) is 13.2. The number of imidazole rings is 2. The number of nitrogens with one attached hydrogen (secondary N) is 1. The van der Waals surface area contributed by atoms with Crippen LogP contribution in [0.25, 0.3) is 44.6 Å². The van der Waals surface area contributed by atoms with Crippen LogP contribution in [0.1, 0.15) is 45.7 Å². The SMILES string of the molecule is COc1ccc(CCc2nc3cc(-c4c(C)noc4C)cnc3n2CC(=O)NC2COC2)cc1F.COc1ccc(CCc2nc3cc(-c4c(C)noc4C)cnc3n2CC(=O)O)cc1F. The molecule has 66 heavy (non-hydrogen) atoms. The van der Waals surface area contributed by atoms with Crippen LogP contribution in [-0.2, 0) is 53.1 Å². The van der Waals surface area contributed by atoms with Gasteiger partial charge in [0.25, 0.3) is 0 Å². The summed E-state index contributed by atoms with van der Waals surface area (Å²) in [5, 5.41) is 20.3. The molecule has 8 aromatic rings. The molecule has 0 spiro atoms. The number of carboxylic acids is 1. The molecule has 0 bridgehead atoms. The zero-order chi connectivity index (χ0) is 46.6. The van der Waals surface area contributed by atoms with Gasteiger partial charge >= 0.3 is 5.97 Å². The fourth-order valence-corrected chi connectivity index (χ4v) is 8.01. The Balaban J connectivity index is 0.000000181. The first-order valence-electron chi connectivity index (χ1n) is 21.1. The fourth-order valence-electron chi connectivity index (χ4n) is 8.01. The molecule has 1 aliphatic rings. The van der Waals surface area contributed by atoms with E-state index in [1.54, 1.807) is 35.2 Å². The van der Waals surface area contributed by atoms with Crippen LogP contribution in [0, 0.1) is 39.3 Å². The molecule has 2 aromatic carbocycles. The molecule has 1 saturated heterocycles. The van der Waals surface area contributed by atoms with Gasteiger partial charge in [0.2, 0.25) is 5.91 Å². The van der Waals surface area contributed by atoms with E-state index in [-0.39, 0.29) is 36.5 Å². The molecule has 342 valence electrons. The summed E-state index contributed by atoms with van der Waals surface area (Å²) in [4.78, 5) is 42.7. The van der Waals surface area contributed by atoms with Gasteiger partial charge in [-0.3, -0.25) is 9.59 Å². The summed E-state index contributed by atoms with van der Waals surface area (Å²) in [5.41, 5.74) is 8.78. The first kappa shape index (κ1) is 45.0. The van der Waals surface area contributed by atoms with Crippen LogP contribution >= 0.6 is 0 Å². The van der Waals surface area contributed by atoms with Crippen molar-refractivity contribution in [3.8, 4) is 33.8 Å². The van der Waals surface area contributed by atoms with E-state index in [4.69, 9.17) is 28.2 Å². The van der Waals surface area contributed by atoms with Gasteiger partial charge in [0.05, 0.1) is 44.9 Å². The molecular formula is C47H47F2N9O8. The predicted molar refractivity (Wildman–Crippen MR) is 236 cm³/mol. The lowest BCUT2D eigenvalue weighted by Crippen LogP contribution is -2.49. The topological polar surface area (TPSA) is 208 Å². The number of aromatic nitrogens is 8. The van der Waals surface area contributed by atoms with Crippen molar-refractivity contribution in [1.29, 1.82) is 0 Å². The number of pyridine rings is 2. The van der Waals surface area contributed by atoms with Gasteiger partial charge in [-0.15, -0.1) is 0 Å². The first-order chi connectivity index (χ1) is 31.8. The van der Waals surface area contributed by atoms with E-state index in [0.29, 0.717) is 84.4 Å². The van der Waals surface area contributed by atoms with Crippen molar-refractivity contribution in [3.63, 3.8) is 0 Å². The molecule has 6 aromatic heterocycles. The molecule has 1 aliphatic heterocycles. The molecule has 1 amide bonds. The zero-order valence-electron chi connectivity index (χ0n) is 37.1. The Bertz CT molecular complexity index is 3040. The molecule has 17 nitrogen and oxygen atoms in total. The van der Waals surface area contributed by atoms with E-state index in [1.165, 1.54) is 26.4 Å². The lowest BCUT2D eigenvalue weighted by molar-refractivity contribution is -0.137. The number of carbonyl (C=O) groups is 2. The highest BCUT2D eigenvalue weighted by Crippen LogP contribution is 2.31. The number of aliphatic carboxylic acids is 1. The van der Waals surface area contributed by atoms with Crippen LogP contribution in [0.2, 0.25) is 0 Å². The van der Waals surface area contributed by atoms with E-state index in [1.807, 2.05) is 50.5 Å². The standard InChI is InChI=1S/C25H26FN5O4.C22H21FN4O4/c1-14-24(15(2)35-30-14)17-9-20-25(27-10-17)31(11-23(32)28-18-12-34-13-18)22(29-20)7-5-16-4-6-21(33-3)19(26)8-16;1-12-21(13(2)31-26-12)15-9-17-22(24-10-15)27(11-20(28)29)19(25-17)7-5-14-4-6-18(30-3)16(23)8-14/h4,6,8-10,18H,5,7,11-13H2,1-3H3,(H,28,32);4,6,8-10H,5,7,11H2,1-3H3,(H,28,29). The molecule has 1 fully saturated rings. The summed E-state index contributed by atoms with van der Waals surface area (Å²) in [7, 11) is 2.85. The van der Waals surface area contributed by atoms with E-state index >= 15 is 0 Å². The van der Waals surface area contributed by atoms with Gasteiger partial charge in [-0.05, 0) is 88.1 Å². The Labute approximate surface area is 376 Å². The molecule has 2 N–H and O–H groups in total. The summed E-state index contributed by atoms with van der Waals surface area (Å²) >= 11 is 0. The summed E-state index contributed by atoms with van der Waals surface area (Å²) in [6.07, 6.45) is 5.36. The highest BCUT2D eigenvalue weighted by atomic mass is 19.1. The number of nitrogens with zero attached hydrogens (tertiary/aromatic N) is 8. The van der Waals surface area contributed by atoms with E-state index in [9.17, 15) is 23.5 Å².